The zero-order valence-corrected chi connectivity index (χ0v) is 14.7. The van der Waals surface area contributed by atoms with Crippen LogP contribution in [-0.2, 0) is 12.8 Å². The van der Waals surface area contributed by atoms with Gasteiger partial charge in [-0.3, -0.25) is 0 Å². The SMILES string of the molecule is COc1cccc(CSc2nnc(-c3cccc(OC)c3)n2C)c1. The molecule has 0 unspecified atom stereocenters. The van der Waals surface area contributed by atoms with Gasteiger partial charge in [0.1, 0.15) is 11.5 Å². The Morgan fingerprint density at radius 3 is 2.42 bits per heavy atom. The maximum absolute atomic E-state index is 5.28. The zero-order valence-electron chi connectivity index (χ0n) is 13.9. The van der Waals surface area contributed by atoms with Gasteiger partial charge in [0.2, 0.25) is 0 Å². The van der Waals surface area contributed by atoms with Crippen molar-refractivity contribution in [1.29, 1.82) is 0 Å². The standard InChI is InChI=1S/C18H19N3O2S/c1-21-17(14-7-5-9-16(11-14)23-3)19-20-18(21)24-12-13-6-4-8-15(10-13)22-2/h4-11H,12H2,1-3H3. The normalized spacial score (nSPS) is 10.6. The smallest absolute Gasteiger partial charge is 0.191 e. The van der Waals surface area contributed by atoms with E-state index in [1.54, 1.807) is 26.0 Å². The lowest BCUT2D eigenvalue weighted by Crippen LogP contribution is -1.95. The highest BCUT2D eigenvalue weighted by atomic mass is 32.2. The van der Waals surface area contributed by atoms with Crippen molar-refractivity contribution < 1.29 is 9.47 Å². The molecule has 0 aliphatic carbocycles. The molecule has 3 rings (SSSR count). The van der Waals surface area contributed by atoms with Crippen LogP contribution < -0.4 is 9.47 Å². The minimum absolute atomic E-state index is 0.807. The number of methoxy groups -OCH3 is 2. The summed E-state index contributed by atoms with van der Waals surface area (Å²) in [5.74, 6) is 3.30. The Labute approximate surface area is 145 Å². The summed E-state index contributed by atoms with van der Waals surface area (Å²) in [6.45, 7) is 0. The van der Waals surface area contributed by atoms with E-state index in [0.717, 1.165) is 33.8 Å². The number of ether oxygens (including phenoxy) is 2. The van der Waals surface area contributed by atoms with Gasteiger partial charge in [0.15, 0.2) is 11.0 Å². The molecule has 1 aromatic heterocycles. The van der Waals surface area contributed by atoms with Crippen LogP contribution >= 0.6 is 11.8 Å². The van der Waals surface area contributed by atoms with E-state index in [0.29, 0.717) is 0 Å². The first kappa shape index (κ1) is 16.4. The number of aromatic nitrogens is 3. The average Bonchev–Trinajstić information content (AvgIpc) is 3.01. The minimum Gasteiger partial charge on any atom is -0.497 e. The third-order valence-electron chi connectivity index (χ3n) is 3.66. The molecule has 24 heavy (non-hydrogen) atoms. The van der Waals surface area contributed by atoms with Crippen molar-refractivity contribution in [3.05, 3.63) is 54.1 Å². The Morgan fingerprint density at radius 1 is 0.958 bits per heavy atom. The summed E-state index contributed by atoms with van der Waals surface area (Å²) in [7, 11) is 5.31. The van der Waals surface area contributed by atoms with Crippen molar-refractivity contribution in [3.8, 4) is 22.9 Å². The third kappa shape index (κ3) is 3.54. The molecule has 0 fully saturated rings. The largest absolute Gasteiger partial charge is 0.497 e. The molecule has 6 heteroatoms. The van der Waals surface area contributed by atoms with Gasteiger partial charge in [0.05, 0.1) is 14.2 Å². The average molecular weight is 341 g/mol. The van der Waals surface area contributed by atoms with Crippen LogP contribution in [0, 0.1) is 0 Å². The number of benzene rings is 2. The maximum atomic E-state index is 5.28. The fraction of sp³-hybridized carbons (Fsp3) is 0.222. The van der Waals surface area contributed by atoms with Crippen LogP contribution in [0.4, 0.5) is 0 Å². The fourth-order valence-electron chi connectivity index (χ4n) is 2.36. The lowest BCUT2D eigenvalue weighted by molar-refractivity contribution is 0.414. The summed E-state index contributed by atoms with van der Waals surface area (Å²) in [4.78, 5) is 0. The number of hydrogen-bond acceptors (Lipinski definition) is 5. The molecule has 0 saturated carbocycles. The van der Waals surface area contributed by atoms with E-state index in [1.807, 2.05) is 54.1 Å². The minimum atomic E-state index is 0.807. The van der Waals surface area contributed by atoms with E-state index < -0.39 is 0 Å². The molecule has 0 N–H and O–H groups in total. The summed E-state index contributed by atoms with van der Waals surface area (Å²) < 4.78 is 12.5. The molecule has 5 nitrogen and oxygen atoms in total. The Hall–Kier alpha value is -2.47. The van der Waals surface area contributed by atoms with Gasteiger partial charge in [-0.05, 0) is 29.8 Å². The van der Waals surface area contributed by atoms with E-state index in [1.165, 1.54) is 5.56 Å². The van der Waals surface area contributed by atoms with Gasteiger partial charge in [-0.2, -0.15) is 0 Å². The molecular formula is C18H19N3O2S. The summed E-state index contributed by atoms with van der Waals surface area (Å²) in [6, 6.07) is 15.9. The molecule has 0 aliphatic rings. The van der Waals surface area contributed by atoms with E-state index >= 15 is 0 Å². The number of rotatable bonds is 6. The van der Waals surface area contributed by atoms with E-state index in [9.17, 15) is 0 Å². The summed E-state index contributed by atoms with van der Waals surface area (Å²) >= 11 is 1.65. The van der Waals surface area contributed by atoms with Crippen LogP contribution in [0.15, 0.2) is 53.7 Å². The highest BCUT2D eigenvalue weighted by molar-refractivity contribution is 7.98. The molecule has 3 aromatic rings. The summed E-state index contributed by atoms with van der Waals surface area (Å²) in [6.07, 6.45) is 0. The molecule has 0 amide bonds. The predicted molar refractivity (Wildman–Crippen MR) is 95.5 cm³/mol. The second-order valence-electron chi connectivity index (χ2n) is 5.24. The quantitative estimate of drug-likeness (QED) is 0.639. The van der Waals surface area contributed by atoms with Crippen molar-refractivity contribution in [1.82, 2.24) is 14.8 Å². The van der Waals surface area contributed by atoms with Crippen LogP contribution in [0.5, 0.6) is 11.5 Å². The number of nitrogens with zero attached hydrogens (tertiary/aromatic N) is 3. The number of hydrogen-bond donors (Lipinski definition) is 0. The Kier molecular flexibility index (Phi) is 5.05. The Morgan fingerprint density at radius 2 is 1.67 bits per heavy atom. The highest BCUT2D eigenvalue weighted by Crippen LogP contribution is 2.27. The lowest BCUT2D eigenvalue weighted by Gasteiger charge is -2.06. The molecule has 0 bridgehead atoms. The fourth-order valence-corrected chi connectivity index (χ4v) is 3.22. The molecular weight excluding hydrogens is 322 g/mol. The van der Waals surface area contributed by atoms with Crippen LogP contribution in [-0.4, -0.2) is 29.0 Å². The van der Waals surface area contributed by atoms with E-state index in [-0.39, 0.29) is 0 Å². The summed E-state index contributed by atoms with van der Waals surface area (Å²) in [5, 5.41) is 9.50. The van der Waals surface area contributed by atoms with Gasteiger partial charge in [-0.1, -0.05) is 36.0 Å². The van der Waals surface area contributed by atoms with E-state index in [4.69, 9.17) is 9.47 Å². The lowest BCUT2D eigenvalue weighted by atomic mass is 10.2. The third-order valence-corrected chi connectivity index (χ3v) is 4.76. The van der Waals surface area contributed by atoms with Crippen molar-refractivity contribution in [2.45, 2.75) is 10.9 Å². The Balaban J connectivity index is 1.77. The first-order valence-electron chi connectivity index (χ1n) is 7.51. The molecule has 0 aliphatic heterocycles. The first-order valence-corrected chi connectivity index (χ1v) is 8.49. The zero-order chi connectivity index (χ0) is 16.9. The maximum Gasteiger partial charge on any atom is 0.191 e. The van der Waals surface area contributed by atoms with Gasteiger partial charge in [-0.25, -0.2) is 0 Å². The first-order chi connectivity index (χ1) is 11.7. The topological polar surface area (TPSA) is 49.2 Å². The number of thioether (sulfide) groups is 1. The second kappa shape index (κ2) is 7.40. The van der Waals surface area contributed by atoms with Crippen molar-refractivity contribution in [3.63, 3.8) is 0 Å². The second-order valence-corrected chi connectivity index (χ2v) is 6.18. The molecule has 124 valence electrons. The predicted octanol–water partition coefficient (Wildman–Crippen LogP) is 3.79. The van der Waals surface area contributed by atoms with Gasteiger partial charge >= 0.3 is 0 Å². The monoisotopic (exact) mass is 341 g/mol. The van der Waals surface area contributed by atoms with Gasteiger partial charge < -0.3 is 14.0 Å². The van der Waals surface area contributed by atoms with Crippen LogP contribution in [0.1, 0.15) is 5.56 Å². The molecule has 0 atom stereocenters. The van der Waals surface area contributed by atoms with Crippen molar-refractivity contribution in [2.24, 2.45) is 7.05 Å². The van der Waals surface area contributed by atoms with E-state index in [2.05, 4.69) is 16.3 Å². The summed E-state index contributed by atoms with van der Waals surface area (Å²) in [5.41, 5.74) is 2.17. The van der Waals surface area contributed by atoms with Crippen LogP contribution in [0.3, 0.4) is 0 Å². The van der Waals surface area contributed by atoms with Crippen molar-refractivity contribution in [2.75, 3.05) is 14.2 Å². The molecule has 2 aromatic carbocycles. The van der Waals surface area contributed by atoms with Crippen molar-refractivity contribution >= 4 is 11.8 Å². The van der Waals surface area contributed by atoms with Crippen LogP contribution in [0.2, 0.25) is 0 Å². The van der Waals surface area contributed by atoms with Crippen LogP contribution in [0.25, 0.3) is 11.4 Å². The highest BCUT2D eigenvalue weighted by Gasteiger charge is 2.12. The van der Waals surface area contributed by atoms with Gasteiger partial charge in [0, 0.05) is 18.4 Å². The van der Waals surface area contributed by atoms with Gasteiger partial charge in [-0.15, -0.1) is 10.2 Å². The molecule has 0 radical (unpaired) electrons. The molecule has 0 spiro atoms. The Bertz CT molecular complexity index is 833. The molecule has 0 saturated heterocycles. The molecule has 1 heterocycles. The van der Waals surface area contributed by atoms with Gasteiger partial charge in [0.25, 0.3) is 0 Å².